The summed E-state index contributed by atoms with van der Waals surface area (Å²) in [5.41, 5.74) is 0.541. The fraction of sp³-hybridized carbons (Fsp3) is 1.00. The van der Waals surface area contributed by atoms with Crippen molar-refractivity contribution in [2.75, 3.05) is 13.1 Å². The Labute approximate surface area is 77.9 Å². The monoisotopic (exact) mass is 171 g/mol. The third kappa shape index (κ3) is 4.76. The molecule has 0 aromatic heterocycles. The molecule has 0 aromatic rings. The van der Waals surface area contributed by atoms with Gasteiger partial charge in [0, 0.05) is 6.54 Å². The maximum atomic E-state index is 3.46. The van der Waals surface area contributed by atoms with Gasteiger partial charge in [-0.05, 0) is 24.8 Å². The van der Waals surface area contributed by atoms with E-state index in [1.54, 1.807) is 0 Å². The van der Waals surface area contributed by atoms with Crippen molar-refractivity contribution in [1.82, 2.24) is 5.32 Å². The van der Waals surface area contributed by atoms with E-state index < -0.39 is 0 Å². The second kappa shape index (κ2) is 6.47. The molecule has 0 aliphatic rings. The topological polar surface area (TPSA) is 12.0 Å². The predicted octanol–water partition coefficient (Wildman–Crippen LogP) is 3.20. The van der Waals surface area contributed by atoms with Gasteiger partial charge in [0.25, 0.3) is 0 Å². The van der Waals surface area contributed by atoms with Gasteiger partial charge < -0.3 is 5.32 Å². The van der Waals surface area contributed by atoms with Gasteiger partial charge in [0.2, 0.25) is 0 Å². The summed E-state index contributed by atoms with van der Waals surface area (Å²) in [6.07, 6.45) is 5.32. The van der Waals surface area contributed by atoms with Crippen molar-refractivity contribution in [2.24, 2.45) is 5.41 Å². The summed E-state index contributed by atoms with van der Waals surface area (Å²) < 4.78 is 0. The van der Waals surface area contributed by atoms with E-state index >= 15 is 0 Å². The van der Waals surface area contributed by atoms with Crippen molar-refractivity contribution in [1.29, 1.82) is 0 Å². The molecule has 1 heteroatoms. The molecule has 0 bridgehead atoms. The normalized spacial score (nSPS) is 12.0. The zero-order chi connectivity index (χ0) is 9.45. The third-order valence-corrected chi connectivity index (χ3v) is 2.51. The summed E-state index contributed by atoms with van der Waals surface area (Å²) in [5, 5.41) is 3.46. The Bertz CT molecular complexity index is 93.2. The van der Waals surface area contributed by atoms with Gasteiger partial charge >= 0.3 is 0 Å². The van der Waals surface area contributed by atoms with Crippen LogP contribution in [0.25, 0.3) is 0 Å². The van der Waals surface area contributed by atoms with Crippen LogP contribution >= 0.6 is 0 Å². The van der Waals surface area contributed by atoms with E-state index in [-0.39, 0.29) is 0 Å². The van der Waals surface area contributed by atoms with E-state index in [2.05, 4.69) is 33.0 Å². The van der Waals surface area contributed by atoms with E-state index in [0.717, 1.165) is 6.54 Å². The molecule has 0 amide bonds. The Kier molecular flexibility index (Phi) is 6.45. The van der Waals surface area contributed by atoms with Gasteiger partial charge in [-0.15, -0.1) is 0 Å². The first-order chi connectivity index (χ1) is 5.68. The van der Waals surface area contributed by atoms with Crippen molar-refractivity contribution < 1.29 is 0 Å². The Morgan fingerprint density at radius 2 is 1.50 bits per heavy atom. The molecule has 0 unspecified atom stereocenters. The van der Waals surface area contributed by atoms with Gasteiger partial charge in [-0.2, -0.15) is 0 Å². The van der Waals surface area contributed by atoms with Gasteiger partial charge in [-0.3, -0.25) is 0 Å². The van der Waals surface area contributed by atoms with Crippen LogP contribution in [-0.2, 0) is 0 Å². The average Bonchev–Trinajstić information content (AvgIpc) is 2.02. The standard InChI is InChI=1S/C11H25N/c1-5-8-11(4,9-6-2)10-12-7-3/h12H,5-10H2,1-4H3. The summed E-state index contributed by atoms with van der Waals surface area (Å²) in [7, 11) is 0. The van der Waals surface area contributed by atoms with Crippen molar-refractivity contribution in [2.45, 2.75) is 53.4 Å². The molecule has 1 nitrogen and oxygen atoms in total. The highest BCUT2D eigenvalue weighted by Crippen LogP contribution is 2.27. The first kappa shape index (κ1) is 12.0. The number of hydrogen-bond donors (Lipinski definition) is 1. The first-order valence-corrected chi connectivity index (χ1v) is 5.39. The highest BCUT2D eigenvalue weighted by atomic mass is 14.9. The summed E-state index contributed by atoms with van der Waals surface area (Å²) in [5.74, 6) is 0. The van der Waals surface area contributed by atoms with E-state index in [4.69, 9.17) is 0 Å². The van der Waals surface area contributed by atoms with Crippen LogP contribution < -0.4 is 5.32 Å². The summed E-state index contributed by atoms with van der Waals surface area (Å²) >= 11 is 0. The van der Waals surface area contributed by atoms with Crippen LogP contribution in [0.2, 0.25) is 0 Å². The van der Waals surface area contributed by atoms with E-state index in [1.807, 2.05) is 0 Å². The lowest BCUT2D eigenvalue weighted by atomic mass is 9.81. The molecule has 0 rings (SSSR count). The molecule has 0 atom stereocenters. The average molecular weight is 171 g/mol. The maximum absolute atomic E-state index is 3.46. The Balaban J connectivity index is 3.80. The van der Waals surface area contributed by atoms with Crippen LogP contribution in [0.3, 0.4) is 0 Å². The smallest absolute Gasteiger partial charge is 0.000504 e. The molecule has 0 spiro atoms. The van der Waals surface area contributed by atoms with Crippen LogP contribution in [-0.4, -0.2) is 13.1 Å². The Hall–Kier alpha value is -0.0400. The number of rotatable bonds is 7. The summed E-state index contributed by atoms with van der Waals surface area (Å²) in [6.45, 7) is 11.4. The molecule has 12 heavy (non-hydrogen) atoms. The Morgan fingerprint density at radius 1 is 1.00 bits per heavy atom. The maximum Gasteiger partial charge on any atom is 0.000504 e. The van der Waals surface area contributed by atoms with Crippen LogP contribution in [0.4, 0.5) is 0 Å². The van der Waals surface area contributed by atoms with Crippen LogP contribution in [0.15, 0.2) is 0 Å². The molecule has 1 N–H and O–H groups in total. The highest BCUT2D eigenvalue weighted by Gasteiger charge is 2.20. The van der Waals surface area contributed by atoms with Crippen molar-refractivity contribution in [3.05, 3.63) is 0 Å². The van der Waals surface area contributed by atoms with E-state index in [0.29, 0.717) is 5.41 Å². The van der Waals surface area contributed by atoms with Crippen LogP contribution in [0.5, 0.6) is 0 Å². The van der Waals surface area contributed by atoms with Gasteiger partial charge in [0.05, 0.1) is 0 Å². The largest absolute Gasteiger partial charge is 0.316 e. The number of nitrogens with one attached hydrogen (secondary N) is 1. The molecule has 0 aliphatic heterocycles. The van der Waals surface area contributed by atoms with Crippen molar-refractivity contribution in [3.63, 3.8) is 0 Å². The molecular weight excluding hydrogens is 146 g/mol. The van der Waals surface area contributed by atoms with Crippen molar-refractivity contribution >= 4 is 0 Å². The fourth-order valence-electron chi connectivity index (χ4n) is 1.94. The second-order valence-electron chi connectivity index (χ2n) is 4.09. The molecule has 0 fully saturated rings. The summed E-state index contributed by atoms with van der Waals surface area (Å²) in [6, 6.07) is 0. The molecule has 0 aliphatic carbocycles. The minimum atomic E-state index is 0.541. The van der Waals surface area contributed by atoms with Gasteiger partial charge in [0.15, 0.2) is 0 Å². The number of hydrogen-bond acceptors (Lipinski definition) is 1. The predicted molar refractivity (Wildman–Crippen MR) is 56.5 cm³/mol. The lowest BCUT2D eigenvalue weighted by Gasteiger charge is -2.29. The Morgan fingerprint density at radius 3 is 1.83 bits per heavy atom. The third-order valence-electron chi connectivity index (χ3n) is 2.51. The zero-order valence-electron chi connectivity index (χ0n) is 9.24. The molecular formula is C11H25N. The molecule has 0 aromatic carbocycles. The van der Waals surface area contributed by atoms with Crippen LogP contribution in [0, 0.1) is 5.41 Å². The van der Waals surface area contributed by atoms with Crippen LogP contribution in [0.1, 0.15) is 53.4 Å². The first-order valence-electron chi connectivity index (χ1n) is 5.39. The molecule has 0 heterocycles. The SMILES string of the molecule is CCCC(C)(CCC)CNCC. The van der Waals surface area contributed by atoms with Gasteiger partial charge in [-0.25, -0.2) is 0 Å². The van der Waals surface area contributed by atoms with E-state index in [9.17, 15) is 0 Å². The van der Waals surface area contributed by atoms with E-state index in [1.165, 1.54) is 32.2 Å². The molecule has 0 radical (unpaired) electrons. The van der Waals surface area contributed by atoms with Gasteiger partial charge in [-0.1, -0.05) is 40.5 Å². The van der Waals surface area contributed by atoms with Crippen molar-refractivity contribution in [3.8, 4) is 0 Å². The second-order valence-corrected chi connectivity index (χ2v) is 4.09. The van der Waals surface area contributed by atoms with Gasteiger partial charge in [0.1, 0.15) is 0 Å². The lowest BCUT2D eigenvalue weighted by Crippen LogP contribution is -2.31. The summed E-state index contributed by atoms with van der Waals surface area (Å²) in [4.78, 5) is 0. The lowest BCUT2D eigenvalue weighted by molar-refractivity contribution is 0.255. The minimum Gasteiger partial charge on any atom is -0.316 e. The molecule has 74 valence electrons. The zero-order valence-corrected chi connectivity index (χ0v) is 9.24. The fourth-order valence-corrected chi connectivity index (χ4v) is 1.94. The molecule has 0 saturated heterocycles. The highest BCUT2D eigenvalue weighted by molar-refractivity contribution is 4.75. The minimum absolute atomic E-state index is 0.541. The quantitative estimate of drug-likeness (QED) is 0.620. The molecule has 0 saturated carbocycles.